The molecule has 0 bridgehead atoms. The summed E-state index contributed by atoms with van der Waals surface area (Å²) in [6.07, 6.45) is -5.28. The van der Waals surface area contributed by atoms with E-state index in [1.807, 2.05) is 0 Å². The molecule has 24 heteroatoms. The maximum absolute atomic E-state index is 13.7. The minimum absolute atomic E-state index is 0.0953. The van der Waals surface area contributed by atoms with Gasteiger partial charge < -0.3 is 8.37 Å². The second-order valence-corrected chi connectivity index (χ2v) is 10.7. The third kappa shape index (κ3) is 4.98. The van der Waals surface area contributed by atoms with Crippen LogP contribution in [0.3, 0.4) is 0 Å². The summed E-state index contributed by atoms with van der Waals surface area (Å²) in [6, 6.07) is 0.0774. The van der Waals surface area contributed by atoms with Gasteiger partial charge in [-0.05, 0) is 12.1 Å². The number of halogens is 12. The van der Waals surface area contributed by atoms with Crippen LogP contribution in [-0.2, 0) is 30.4 Å². The normalized spacial score (nSPS) is 15.2. The van der Waals surface area contributed by atoms with Gasteiger partial charge in [-0.3, -0.25) is 4.55 Å². The van der Waals surface area contributed by atoms with Crippen molar-refractivity contribution in [1.82, 2.24) is 0 Å². The summed E-state index contributed by atoms with van der Waals surface area (Å²) in [7, 11) is -21.9. The standard InChI is InChI=1S/C12H6F12O9S3/c13-7(14)8(15,16)10(19,20)35(28,29)32-5-2-1-3-6(4-5)33-36(30,31)12(23,24)9(17,18)11(21,22)34(25,26)27/h1-4,7H,(H,25,26,27). The van der Waals surface area contributed by atoms with Gasteiger partial charge in [0.25, 0.3) is 0 Å². The summed E-state index contributed by atoms with van der Waals surface area (Å²) >= 11 is 0. The van der Waals surface area contributed by atoms with E-state index in [9.17, 15) is 77.9 Å². The third-order valence-electron chi connectivity index (χ3n) is 3.56. The zero-order valence-electron chi connectivity index (χ0n) is 15.9. The highest BCUT2D eigenvalue weighted by Gasteiger charge is 2.83. The summed E-state index contributed by atoms with van der Waals surface area (Å²) in [6.45, 7) is 0. The van der Waals surface area contributed by atoms with Crippen molar-refractivity contribution in [3.8, 4) is 11.5 Å². The van der Waals surface area contributed by atoms with Gasteiger partial charge in [0.2, 0.25) is 0 Å². The third-order valence-corrected chi connectivity index (χ3v) is 7.07. The Balaban J connectivity index is 3.42. The van der Waals surface area contributed by atoms with E-state index in [1.165, 1.54) is 0 Å². The highest BCUT2D eigenvalue weighted by atomic mass is 32.2. The lowest BCUT2D eigenvalue weighted by molar-refractivity contribution is -0.247. The zero-order valence-corrected chi connectivity index (χ0v) is 18.3. The average molecular weight is 618 g/mol. The molecule has 1 aromatic carbocycles. The average Bonchev–Trinajstić information content (AvgIpc) is 2.65. The molecular formula is C12H6F12O9S3. The lowest BCUT2D eigenvalue weighted by Crippen LogP contribution is -2.61. The monoisotopic (exact) mass is 618 g/mol. The van der Waals surface area contributed by atoms with Gasteiger partial charge in [0, 0.05) is 6.07 Å². The van der Waals surface area contributed by atoms with E-state index in [0.717, 1.165) is 0 Å². The summed E-state index contributed by atoms with van der Waals surface area (Å²) < 4.78 is 238. The summed E-state index contributed by atoms with van der Waals surface area (Å²) in [5.74, 6) is -17.6. The second-order valence-electron chi connectivity index (χ2n) is 6.07. The second kappa shape index (κ2) is 8.97. The minimum Gasteiger partial charge on any atom is -0.378 e. The first-order valence-electron chi connectivity index (χ1n) is 7.72. The molecular weight excluding hydrogens is 612 g/mol. The smallest absolute Gasteiger partial charge is 0.378 e. The van der Waals surface area contributed by atoms with E-state index in [1.54, 1.807) is 0 Å². The number of benzene rings is 1. The van der Waals surface area contributed by atoms with E-state index in [0.29, 0.717) is 0 Å². The van der Waals surface area contributed by atoms with Crippen molar-refractivity contribution < 1.29 is 90.9 Å². The number of alkyl halides is 12. The highest BCUT2D eigenvalue weighted by Crippen LogP contribution is 2.51. The van der Waals surface area contributed by atoms with Gasteiger partial charge in [-0.2, -0.15) is 69.2 Å². The zero-order chi connectivity index (χ0) is 29.0. The molecule has 0 heterocycles. The lowest BCUT2D eigenvalue weighted by Gasteiger charge is -2.29. The summed E-state index contributed by atoms with van der Waals surface area (Å²) in [5.41, 5.74) is 0. The molecule has 0 saturated carbocycles. The molecule has 0 radical (unpaired) electrons. The predicted molar refractivity (Wildman–Crippen MR) is 87.8 cm³/mol. The molecule has 0 saturated heterocycles. The Morgan fingerprint density at radius 3 is 1.36 bits per heavy atom. The van der Waals surface area contributed by atoms with E-state index in [2.05, 4.69) is 8.37 Å². The molecule has 0 fully saturated rings. The van der Waals surface area contributed by atoms with Gasteiger partial charge in [0.1, 0.15) is 11.5 Å². The van der Waals surface area contributed by atoms with Gasteiger partial charge in [-0.15, -0.1) is 0 Å². The molecule has 36 heavy (non-hydrogen) atoms. The van der Waals surface area contributed by atoms with Crippen LogP contribution < -0.4 is 8.37 Å². The summed E-state index contributed by atoms with van der Waals surface area (Å²) in [4.78, 5) is 0. The Morgan fingerprint density at radius 2 is 1.03 bits per heavy atom. The van der Waals surface area contributed by atoms with Crippen LogP contribution in [0.4, 0.5) is 52.7 Å². The van der Waals surface area contributed by atoms with Crippen molar-refractivity contribution >= 4 is 30.4 Å². The van der Waals surface area contributed by atoms with Gasteiger partial charge in [0.15, 0.2) is 0 Å². The van der Waals surface area contributed by atoms with Crippen molar-refractivity contribution in [3.05, 3.63) is 24.3 Å². The topological polar surface area (TPSA) is 141 Å². The van der Waals surface area contributed by atoms with E-state index in [-0.39, 0.29) is 24.3 Å². The Morgan fingerprint density at radius 1 is 0.667 bits per heavy atom. The van der Waals surface area contributed by atoms with Crippen LogP contribution in [0.5, 0.6) is 11.5 Å². The molecule has 0 spiro atoms. The Labute approximate surface area is 191 Å². The first-order valence-corrected chi connectivity index (χ1v) is 12.0. The highest BCUT2D eigenvalue weighted by molar-refractivity contribution is 7.89. The molecule has 0 aromatic heterocycles. The fourth-order valence-corrected chi connectivity index (χ4v) is 4.02. The molecule has 0 unspecified atom stereocenters. The number of hydrogen-bond acceptors (Lipinski definition) is 8. The van der Waals surface area contributed by atoms with Crippen LogP contribution in [0.25, 0.3) is 0 Å². The quantitative estimate of drug-likeness (QED) is 0.225. The molecule has 0 atom stereocenters. The van der Waals surface area contributed by atoms with Crippen LogP contribution in [0.2, 0.25) is 0 Å². The van der Waals surface area contributed by atoms with Gasteiger partial charge in [-0.1, -0.05) is 6.07 Å². The van der Waals surface area contributed by atoms with Crippen molar-refractivity contribution in [1.29, 1.82) is 0 Å². The fraction of sp³-hybridized carbons (Fsp3) is 0.500. The van der Waals surface area contributed by atoms with Crippen LogP contribution in [0, 0.1) is 0 Å². The SMILES string of the molecule is O=S(=O)(O)C(F)(F)C(F)(F)C(F)(F)S(=O)(=O)Oc1cccc(OS(=O)(=O)C(F)(F)C(F)(F)C(F)F)c1. The van der Waals surface area contributed by atoms with Crippen molar-refractivity contribution in [2.24, 2.45) is 0 Å². The van der Waals surface area contributed by atoms with Crippen LogP contribution in [-0.4, -0.2) is 63.8 Å². The number of rotatable bonds is 11. The van der Waals surface area contributed by atoms with Gasteiger partial charge in [0.05, 0.1) is 0 Å². The van der Waals surface area contributed by atoms with Gasteiger partial charge >= 0.3 is 64.4 Å². The maximum Gasteiger partial charge on any atom is 0.450 e. The Hall–Kier alpha value is -2.21. The number of hydrogen-bond donors (Lipinski definition) is 1. The van der Waals surface area contributed by atoms with E-state index in [4.69, 9.17) is 4.55 Å². The molecule has 0 aliphatic rings. The molecule has 1 aromatic rings. The van der Waals surface area contributed by atoms with Crippen LogP contribution in [0.15, 0.2) is 24.3 Å². The molecule has 1 rings (SSSR count). The molecule has 1 N–H and O–H groups in total. The molecule has 0 aliphatic heterocycles. The molecule has 9 nitrogen and oxygen atoms in total. The lowest BCUT2D eigenvalue weighted by atomic mass is 10.3. The fourth-order valence-electron chi connectivity index (χ4n) is 1.72. The largest absolute Gasteiger partial charge is 0.450 e. The molecule has 0 aliphatic carbocycles. The Kier molecular flexibility index (Phi) is 7.93. The van der Waals surface area contributed by atoms with Crippen molar-refractivity contribution in [3.63, 3.8) is 0 Å². The van der Waals surface area contributed by atoms with Crippen molar-refractivity contribution in [2.45, 2.75) is 34.0 Å². The minimum atomic E-state index is -7.45. The molecule has 0 amide bonds. The first kappa shape index (κ1) is 31.8. The predicted octanol–water partition coefficient (Wildman–Crippen LogP) is 3.31. The summed E-state index contributed by atoms with van der Waals surface area (Å²) in [5, 5.41) is -21.0. The van der Waals surface area contributed by atoms with E-state index < -0.39 is 75.9 Å². The first-order chi connectivity index (χ1) is 15.6. The van der Waals surface area contributed by atoms with Crippen LogP contribution >= 0.6 is 0 Å². The van der Waals surface area contributed by atoms with Crippen LogP contribution in [0.1, 0.15) is 0 Å². The van der Waals surface area contributed by atoms with Crippen molar-refractivity contribution in [2.75, 3.05) is 0 Å². The maximum atomic E-state index is 13.7. The van der Waals surface area contributed by atoms with Gasteiger partial charge in [-0.25, -0.2) is 8.78 Å². The van der Waals surface area contributed by atoms with E-state index >= 15 is 0 Å². The molecule has 210 valence electrons. The Bertz CT molecular complexity index is 1310.